The van der Waals surface area contributed by atoms with E-state index in [9.17, 15) is 4.79 Å². The van der Waals surface area contributed by atoms with E-state index in [1.807, 2.05) is 23.9 Å². The Morgan fingerprint density at radius 1 is 1.37 bits per heavy atom. The molecule has 0 fully saturated rings. The van der Waals surface area contributed by atoms with Crippen LogP contribution in [0.4, 0.5) is 0 Å². The zero-order valence-corrected chi connectivity index (χ0v) is 11.5. The number of carbonyl (C=O) groups is 1. The van der Waals surface area contributed by atoms with Gasteiger partial charge in [-0.25, -0.2) is 4.98 Å². The van der Waals surface area contributed by atoms with Gasteiger partial charge in [0.25, 0.3) is 0 Å². The minimum atomic E-state index is -0.0538. The van der Waals surface area contributed by atoms with Crippen molar-refractivity contribution in [3.63, 3.8) is 0 Å². The van der Waals surface area contributed by atoms with Crippen LogP contribution in [-0.4, -0.2) is 25.5 Å². The van der Waals surface area contributed by atoms with E-state index in [1.54, 1.807) is 6.20 Å². The molecule has 0 bridgehead atoms. The van der Waals surface area contributed by atoms with Gasteiger partial charge < -0.3 is 0 Å². The lowest BCUT2D eigenvalue weighted by molar-refractivity contribution is 0.0986. The summed E-state index contributed by atoms with van der Waals surface area (Å²) in [4.78, 5) is 20.2. The first-order valence-electron chi connectivity index (χ1n) is 6.46. The number of nitrogens with zero attached hydrogens (tertiary/aromatic N) is 4. The Morgan fingerprint density at radius 3 is 2.79 bits per heavy atom. The van der Waals surface area contributed by atoms with Gasteiger partial charge in [0.1, 0.15) is 5.69 Å². The SMILES string of the molecule is CCC(C)n1ccc(CC(=O)c2cnc(C)cn2)n1. The van der Waals surface area contributed by atoms with E-state index in [1.165, 1.54) is 6.20 Å². The summed E-state index contributed by atoms with van der Waals surface area (Å²) in [5, 5.41) is 4.41. The molecule has 1 atom stereocenters. The molecule has 0 aliphatic rings. The first kappa shape index (κ1) is 13.4. The average molecular weight is 258 g/mol. The van der Waals surface area contributed by atoms with Crippen molar-refractivity contribution >= 4 is 5.78 Å². The molecule has 0 saturated heterocycles. The van der Waals surface area contributed by atoms with Gasteiger partial charge in [-0.1, -0.05) is 6.92 Å². The molecular formula is C14H18N4O. The van der Waals surface area contributed by atoms with E-state index in [0.29, 0.717) is 11.7 Å². The van der Waals surface area contributed by atoms with E-state index in [-0.39, 0.29) is 12.2 Å². The highest BCUT2D eigenvalue weighted by Crippen LogP contribution is 2.10. The van der Waals surface area contributed by atoms with Gasteiger partial charge in [0.15, 0.2) is 5.78 Å². The molecule has 1 unspecified atom stereocenters. The van der Waals surface area contributed by atoms with E-state index >= 15 is 0 Å². The van der Waals surface area contributed by atoms with Gasteiger partial charge in [-0.15, -0.1) is 0 Å². The maximum atomic E-state index is 12.0. The summed E-state index contributed by atoms with van der Waals surface area (Å²) < 4.78 is 1.89. The van der Waals surface area contributed by atoms with Gasteiger partial charge in [0, 0.05) is 18.4 Å². The number of rotatable bonds is 5. The fourth-order valence-corrected chi connectivity index (χ4v) is 1.70. The van der Waals surface area contributed by atoms with E-state index in [4.69, 9.17) is 0 Å². The molecule has 0 aliphatic heterocycles. The summed E-state index contributed by atoms with van der Waals surface area (Å²) in [5.74, 6) is -0.0538. The number of Topliss-reactive ketones (excluding diaryl/α,β-unsaturated/α-hetero) is 1. The van der Waals surface area contributed by atoms with Crippen molar-refractivity contribution in [2.24, 2.45) is 0 Å². The summed E-state index contributed by atoms with van der Waals surface area (Å²) in [7, 11) is 0. The minimum Gasteiger partial charge on any atom is -0.292 e. The second-order valence-electron chi connectivity index (χ2n) is 4.69. The third kappa shape index (κ3) is 3.24. The zero-order chi connectivity index (χ0) is 13.8. The molecule has 2 rings (SSSR count). The highest BCUT2D eigenvalue weighted by molar-refractivity contribution is 5.95. The maximum absolute atomic E-state index is 12.0. The van der Waals surface area contributed by atoms with Crippen LogP contribution in [0.3, 0.4) is 0 Å². The van der Waals surface area contributed by atoms with E-state index < -0.39 is 0 Å². The van der Waals surface area contributed by atoms with Crippen LogP contribution < -0.4 is 0 Å². The van der Waals surface area contributed by atoms with E-state index in [2.05, 4.69) is 28.9 Å². The minimum absolute atomic E-state index is 0.0538. The molecule has 2 aromatic heterocycles. The smallest absolute Gasteiger partial charge is 0.188 e. The van der Waals surface area contributed by atoms with Crippen molar-refractivity contribution < 1.29 is 4.79 Å². The lowest BCUT2D eigenvalue weighted by Gasteiger charge is -2.07. The van der Waals surface area contributed by atoms with Crippen LogP contribution in [0, 0.1) is 6.92 Å². The molecular weight excluding hydrogens is 240 g/mol. The summed E-state index contributed by atoms with van der Waals surface area (Å²) >= 11 is 0. The Morgan fingerprint density at radius 2 is 2.16 bits per heavy atom. The van der Waals surface area contributed by atoms with Gasteiger partial charge in [-0.05, 0) is 26.3 Å². The van der Waals surface area contributed by atoms with Crippen LogP contribution in [0.5, 0.6) is 0 Å². The average Bonchev–Trinajstić information content (AvgIpc) is 2.87. The van der Waals surface area contributed by atoms with E-state index in [0.717, 1.165) is 17.8 Å². The fourth-order valence-electron chi connectivity index (χ4n) is 1.70. The lowest BCUT2D eigenvalue weighted by Crippen LogP contribution is -2.09. The molecule has 0 saturated carbocycles. The predicted molar refractivity (Wildman–Crippen MR) is 72.0 cm³/mol. The second-order valence-corrected chi connectivity index (χ2v) is 4.69. The number of hydrogen-bond donors (Lipinski definition) is 0. The normalized spacial score (nSPS) is 12.4. The van der Waals surface area contributed by atoms with Crippen molar-refractivity contribution in [1.82, 2.24) is 19.7 Å². The molecule has 5 heteroatoms. The number of aromatic nitrogens is 4. The predicted octanol–water partition coefficient (Wildman–Crippen LogP) is 2.38. The van der Waals surface area contributed by atoms with Crippen LogP contribution in [0.1, 0.15) is 48.2 Å². The van der Waals surface area contributed by atoms with Crippen molar-refractivity contribution in [3.05, 3.63) is 41.7 Å². The number of ketones is 1. The summed E-state index contributed by atoms with van der Waals surface area (Å²) in [5.41, 5.74) is 1.97. The largest absolute Gasteiger partial charge is 0.292 e. The Bertz CT molecular complexity index is 559. The van der Waals surface area contributed by atoms with Crippen LogP contribution in [-0.2, 0) is 6.42 Å². The van der Waals surface area contributed by atoms with Crippen LogP contribution in [0.15, 0.2) is 24.7 Å². The molecule has 0 aromatic carbocycles. The third-order valence-corrected chi connectivity index (χ3v) is 3.11. The van der Waals surface area contributed by atoms with Gasteiger partial charge in [0.05, 0.1) is 24.0 Å². The van der Waals surface area contributed by atoms with Crippen molar-refractivity contribution in [1.29, 1.82) is 0 Å². The molecule has 0 aliphatic carbocycles. The molecule has 100 valence electrons. The monoisotopic (exact) mass is 258 g/mol. The van der Waals surface area contributed by atoms with Crippen molar-refractivity contribution in [3.8, 4) is 0 Å². The van der Waals surface area contributed by atoms with Crippen LogP contribution >= 0.6 is 0 Å². The quantitative estimate of drug-likeness (QED) is 0.772. The Labute approximate surface area is 112 Å². The van der Waals surface area contributed by atoms with Crippen molar-refractivity contribution in [2.45, 2.75) is 39.7 Å². The highest BCUT2D eigenvalue weighted by Gasteiger charge is 2.12. The number of hydrogen-bond acceptors (Lipinski definition) is 4. The number of carbonyl (C=O) groups excluding carboxylic acids is 1. The van der Waals surface area contributed by atoms with Gasteiger partial charge >= 0.3 is 0 Å². The topological polar surface area (TPSA) is 60.7 Å². The summed E-state index contributed by atoms with van der Waals surface area (Å²) in [6, 6.07) is 2.23. The molecule has 19 heavy (non-hydrogen) atoms. The zero-order valence-electron chi connectivity index (χ0n) is 11.5. The maximum Gasteiger partial charge on any atom is 0.188 e. The third-order valence-electron chi connectivity index (χ3n) is 3.11. The van der Waals surface area contributed by atoms with Crippen LogP contribution in [0.2, 0.25) is 0 Å². The molecule has 0 N–H and O–H groups in total. The first-order chi connectivity index (χ1) is 9.10. The summed E-state index contributed by atoms with van der Waals surface area (Å²) in [6.45, 7) is 6.05. The molecule has 2 aromatic rings. The Hall–Kier alpha value is -2.04. The lowest BCUT2D eigenvalue weighted by atomic mass is 10.2. The van der Waals surface area contributed by atoms with Gasteiger partial charge in [0.2, 0.25) is 0 Å². The highest BCUT2D eigenvalue weighted by atomic mass is 16.1. The standard InChI is InChI=1S/C14H18N4O/c1-4-11(3)18-6-5-12(17-18)7-14(19)13-9-15-10(2)8-16-13/h5-6,8-9,11H,4,7H2,1-3H3. The van der Waals surface area contributed by atoms with Crippen molar-refractivity contribution in [2.75, 3.05) is 0 Å². The first-order valence-corrected chi connectivity index (χ1v) is 6.46. The van der Waals surface area contributed by atoms with Gasteiger partial charge in [-0.3, -0.25) is 14.5 Å². The number of aryl methyl sites for hydroxylation is 1. The Kier molecular flexibility index (Phi) is 4.04. The second kappa shape index (κ2) is 5.73. The molecule has 0 radical (unpaired) electrons. The molecule has 0 spiro atoms. The molecule has 2 heterocycles. The Balaban J connectivity index is 2.06. The molecule has 5 nitrogen and oxygen atoms in total. The summed E-state index contributed by atoms with van der Waals surface area (Å²) in [6.07, 6.45) is 6.31. The molecule has 0 amide bonds. The fraction of sp³-hybridized carbons (Fsp3) is 0.429. The van der Waals surface area contributed by atoms with Crippen LogP contribution in [0.25, 0.3) is 0 Å². The van der Waals surface area contributed by atoms with Gasteiger partial charge in [-0.2, -0.15) is 5.10 Å².